The highest BCUT2D eigenvalue weighted by atomic mass is 79.9. The van der Waals surface area contributed by atoms with Crippen LogP contribution in [0.1, 0.15) is 65.1 Å². The van der Waals surface area contributed by atoms with Gasteiger partial charge >= 0.3 is 24.1 Å². The average molecular weight is 682 g/mol. The van der Waals surface area contributed by atoms with Gasteiger partial charge in [0.25, 0.3) is 5.91 Å². The summed E-state index contributed by atoms with van der Waals surface area (Å²) >= 11 is 3.06. The molecule has 3 aromatic carbocycles. The van der Waals surface area contributed by atoms with Crippen LogP contribution in [0.5, 0.6) is 0 Å². The highest BCUT2D eigenvalue weighted by molar-refractivity contribution is 9.10. The SMILES string of the molecule is O=C(NCC(F)(F)C(=O)O)c1ccc(CN(C(=O)Nc2cc(Br)cc(C(F)(F)F)c2)c2ccc(C3CCCCC3)cc2)cc1. The highest BCUT2D eigenvalue weighted by Crippen LogP contribution is 2.35. The van der Waals surface area contributed by atoms with Crippen molar-refractivity contribution in [2.24, 2.45) is 0 Å². The van der Waals surface area contributed by atoms with Gasteiger partial charge in [-0.15, -0.1) is 0 Å². The summed E-state index contributed by atoms with van der Waals surface area (Å²) < 4.78 is 67.0. The monoisotopic (exact) mass is 681 g/mol. The van der Waals surface area contributed by atoms with Gasteiger partial charge in [-0.1, -0.05) is 59.5 Å². The smallest absolute Gasteiger partial charge is 0.416 e. The number of carbonyl (C=O) groups excluding carboxylic acids is 2. The quantitative estimate of drug-likeness (QED) is 0.198. The number of carboxylic acid groups (broad SMARTS) is 1. The summed E-state index contributed by atoms with van der Waals surface area (Å²) in [5.74, 6) is -7.00. The zero-order valence-corrected chi connectivity index (χ0v) is 24.9. The lowest BCUT2D eigenvalue weighted by molar-refractivity contribution is -0.163. The molecule has 0 unspecified atom stereocenters. The van der Waals surface area contributed by atoms with Crippen LogP contribution in [0.25, 0.3) is 0 Å². The van der Waals surface area contributed by atoms with Gasteiger partial charge in [0.2, 0.25) is 0 Å². The van der Waals surface area contributed by atoms with Crippen LogP contribution in [0.3, 0.4) is 0 Å². The van der Waals surface area contributed by atoms with Crippen molar-refractivity contribution in [1.82, 2.24) is 5.32 Å². The standard InChI is InChI=1S/C31H29BrF5N3O4/c32-24-14-23(31(35,36)37)15-25(16-24)39-29(44)40(26-12-10-21(11-13-26)20-4-2-1-3-5-20)17-19-6-8-22(9-7-19)27(41)38-18-30(33,34)28(42)43/h6-16,20H,1-5,17-18H2,(H,38,41)(H,39,44)(H,42,43). The van der Waals surface area contributed by atoms with E-state index in [1.54, 1.807) is 12.1 Å². The number of benzene rings is 3. The van der Waals surface area contributed by atoms with Gasteiger partial charge in [0, 0.05) is 21.4 Å². The molecule has 0 radical (unpaired) electrons. The maximum Gasteiger partial charge on any atom is 0.416 e. The molecule has 3 aromatic rings. The van der Waals surface area contributed by atoms with E-state index in [1.807, 2.05) is 17.4 Å². The van der Waals surface area contributed by atoms with Crippen LogP contribution in [-0.4, -0.2) is 35.5 Å². The van der Waals surface area contributed by atoms with Crippen molar-refractivity contribution in [3.05, 3.63) is 93.5 Å². The van der Waals surface area contributed by atoms with E-state index in [0.29, 0.717) is 17.2 Å². The van der Waals surface area contributed by atoms with Crippen LogP contribution in [0.2, 0.25) is 0 Å². The molecular formula is C31H29BrF5N3O4. The van der Waals surface area contributed by atoms with E-state index < -0.39 is 42.1 Å². The molecule has 0 saturated heterocycles. The highest BCUT2D eigenvalue weighted by Gasteiger charge is 2.39. The van der Waals surface area contributed by atoms with E-state index in [4.69, 9.17) is 5.11 Å². The van der Waals surface area contributed by atoms with Crippen molar-refractivity contribution >= 4 is 45.2 Å². The van der Waals surface area contributed by atoms with E-state index in [9.17, 15) is 36.3 Å². The first-order valence-corrected chi connectivity index (χ1v) is 14.6. The molecule has 7 nitrogen and oxygen atoms in total. The van der Waals surface area contributed by atoms with Gasteiger partial charge in [-0.25, -0.2) is 9.59 Å². The van der Waals surface area contributed by atoms with Crippen molar-refractivity contribution in [2.75, 3.05) is 16.8 Å². The Morgan fingerprint density at radius 1 is 0.886 bits per heavy atom. The molecule has 13 heteroatoms. The molecule has 1 fully saturated rings. The summed E-state index contributed by atoms with van der Waals surface area (Å²) in [6.45, 7) is -1.44. The fourth-order valence-corrected chi connectivity index (χ4v) is 5.47. The maximum atomic E-state index is 13.5. The van der Waals surface area contributed by atoms with Gasteiger partial charge in [0.15, 0.2) is 0 Å². The summed E-state index contributed by atoms with van der Waals surface area (Å²) in [6.07, 6.45) is 0.996. The normalized spacial score (nSPS) is 14.1. The van der Waals surface area contributed by atoms with E-state index in [-0.39, 0.29) is 22.3 Å². The molecule has 0 spiro atoms. The Labute approximate surface area is 258 Å². The first-order chi connectivity index (χ1) is 20.7. The van der Waals surface area contributed by atoms with Crippen molar-refractivity contribution in [2.45, 2.75) is 56.7 Å². The predicted octanol–water partition coefficient (Wildman–Crippen LogP) is 8.20. The molecular weight excluding hydrogens is 653 g/mol. The van der Waals surface area contributed by atoms with Crippen LogP contribution in [0, 0.1) is 0 Å². The second kappa shape index (κ2) is 13.7. The van der Waals surface area contributed by atoms with Crippen LogP contribution in [0.4, 0.5) is 38.1 Å². The Balaban J connectivity index is 1.56. The zero-order valence-electron chi connectivity index (χ0n) is 23.3. The molecule has 1 aliphatic rings. The molecule has 0 aromatic heterocycles. The molecule has 0 aliphatic heterocycles. The molecule has 44 heavy (non-hydrogen) atoms. The van der Waals surface area contributed by atoms with E-state index in [1.165, 1.54) is 41.7 Å². The number of anilines is 2. The van der Waals surface area contributed by atoms with Crippen molar-refractivity contribution in [1.29, 1.82) is 0 Å². The molecule has 0 heterocycles. The molecule has 234 valence electrons. The van der Waals surface area contributed by atoms with Crippen molar-refractivity contribution < 1.29 is 41.4 Å². The Hall–Kier alpha value is -4.00. The van der Waals surface area contributed by atoms with E-state index in [2.05, 4.69) is 21.2 Å². The average Bonchev–Trinajstić information content (AvgIpc) is 2.98. The summed E-state index contributed by atoms with van der Waals surface area (Å²) in [7, 11) is 0. The largest absolute Gasteiger partial charge is 0.477 e. The van der Waals surface area contributed by atoms with Gasteiger partial charge in [0.1, 0.15) is 0 Å². The lowest BCUT2D eigenvalue weighted by Crippen LogP contribution is -2.42. The van der Waals surface area contributed by atoms with Crippen molar-refractivity contribution in [3.63, 3.8) is 0 Å². The minimum absolute atomic E-state index is 0.0170. The number of alkyl halides is 5. The van der Waals surface area contributed by atoms with Crippen molar-refractivity contribution in [3.8, 4) is 0 Å². The third-order valence-electron chi connectivity index (χ3n) is 7.34. The Morgan fingerprint density at radius 3 is 2.11 bits per heavy atom. The number of aliphatic carboxylic acids is 1. The van der Waals surface area contributed by atoms with Gasteiger partial charge in [-0.05, 0) is 72.4 Å². The molecule has 3 amide bonds. The molecule has 4 rings (SSSR count). The summed E-state index contributed by atoms with van der Waals surface area (Å²) in [5.41, 5.74) is 1.10. The number of amides is 3. The summed E-state index contributed by atoms with van der Waals surface area (Å²) in [5, 5.41) is 12.9. The van der Waals surface area contributed by atoms with E-state index in [0.717, 1.165) is 43.4 Å². The Morgan fingerprint density at radius 2 is 1.52 bits per heavy atom. The molecule has 0 bridgehead atoms. The topological polar surface area (TPSA) is 98.7 Å². The number of urea groups is 1. The fourth-order valence-electron chi connectivity index (χ4n) is 4.97. The second-order valence-electron chi connectivity index (χ2n) is 10.6. The molecule has 0 atom stereocenters. The lowest BCUT2D eigenvalue weighted by Gasteiger charge is -2.26. The number of hydrogen-bond acceptors (Lipinski definition) is 3. The number of rotatable bonds is 9. The minimum atomic E-state index is -4.63. The van der Waals surface area contributed by atoms with Gasteiger partial charge in [-0.2, -0.15) is 22.0 Å². The third-order valence-corrected chi connectivity index (χ3v) is 7.80. The number of carboxylic acids is 1. The Bertz CT molecular complexity index is 1490. The zero-order chi connectivity index (χ0) is 32.1. The third kappa shape index (κ3) is 8.55. The van der Waals surface area contributed by atoms with Crippen LogP contribution < -0.4 is 15.5 Å². The number of carbonyl (C=O) groups is 3. The second-order valence-corrected chi connectivity index (χ2v) is 11.5. The lowest BCUT2D eigenvalue weighted by atomic mass is 9.84. The summed E-state index contributed by atoms with van der Waals surface area (Å²) in [6, 6.07) is 15.4. The first kappa shape index (κ1) is 32.9. The minimum Gasteiger partial charge on any atom is -0.477 e. The Kier molecular flexibility index (Phi) is 10.3. The number of hydrogen-bond donors (Lipinski definition) is 3. The summed E-state index contributed by atoms with van der Waals surface area (Å²) in [4.78, 5) is 37.7. The predicted molar refractivity (Wildman–Crippen MR) is 158 cm³/mol. The maximum absolute atomic E-state index is 13.5. The number of nitrogens with zero attached hydrogens (tertiary/aromatic N) is 1. The van der Waals surface area contributed by atoms with E-state index >= 15 is 0 Å². The first-order valence-electron chi connectivity index (χ1n) is 13.8. The molecule has 1 aliphatic carbocycles. The van der Waals surface area contributed by atoms with Crippen LogP contribution >= 0.6 is 15.9 Å². The van der Waals surface area contributed by atoms with Crippen LogP contribution in [-0.2, 0) is 17.5 Å². The van der Waals surface area contributed by atoms with Gasteiger partial charge < -0.3 is 15.7 Å². The van der Waals surface area contributed by atoms with Gasteiger partial charge in [0.05, 0.1) is 18.7 Å². The molecule has 3 N–H and O–H groups in total. The van der Waals surface area contributed by atoms with Crippen LogP contribution in [0.15, 0.2) is 71.2 Å². The van der Waals surface area contributed by atoms with Gasteiger partial charge in [-0.3, -0.25) is 9.69 Å². The fraction of sp³-hybridized carbons (Fsp3) is 0.323. The number of nitrogens with one attached hydrogen (secondary N) is 2. The molecule has 1 saturated carbocycles. The number of halogens is 6.